The topological polar surface area (TPSA) is 29.5 Å². The molecule has 53 heavy (non-hydrogen) atoms. The molecule has 0 unspecified atom stereocenters. The molecule has 0 fully saturated rings. The summed E-state index contributed by atoms with van der Waals surface area (Å²) in [7, 11) is 0. The van der Waals surface area contributed by atoms with Gasteiger partial charge in [-0.05, 0) is 80.7 Å². The molecular formula is C50H31NO2. The third kappa shape index (κ3) is 4.61. The molecule has 0 bridgehead atoms. The fraction of sp³-hybridized carbons (Fsp3) is 0. The van der Waals surface area contributed by atoms with Crippen LogP contribution in [0.4, 0.5) is 17.1 Å². The number of rotatable bonds is 5. The van der Waals surface area contributed by atoms with E-state index < -0.39 is 0 Å². The fourth-order valence-electron chi connectivity index (χ4n) is 8.25. The molecule has 0 spiro atoms. The highest BCUT2D eigenvalue weighted by atomic mass is 16.3. The van der Waals surface area contributed by atoms with Crippen LogP contribution in [-0.2, 0) is 0 Å². The molecule has 0 amide bonds. The highest BCUT2D eigenvalue weighted by molar-refractivity contribution is 6.24. The Kier molecular flexibility index (Phi) is 6.55. The highest BCUT2D eigenvalue weighted by Gasteiger charge is 2.25. The zero-order valence-electron chi connectivity index (χ0n) is 28.7. The van der Waals surface area contributed by atoms with Gasteiger partial charge in [-0.25, -0.2) is 0 Å². The lowest BCUT2D eigenvalue weighted by molar-refractivity contribution is 0.668. The summed E-state index contributed by atoms with van der Waals surface area (Å²) in [6.07, 6.45) is 0. The van der Waals surface area contributed by atoms with Crippen LogP contribution in [0.1, 0.15) is 0 Å². The van der Waals surface area contributed by atoms with Crippen molar-refractivity contribution < 1.29 is 8.83 Å². The van der Waals surface area contributed by atoms with Crippen LogP contribution in [0.25, 0.3) is 87.7 Å². The molecule has 0 radical (unpaired) electrons. The van der Waals surface area contributed by atoms with Crippen molar-refractivity contribution in [2.75, 3.05) is 4.90 Å². The first-order valence-electron chi connectivity index (χ1n) is 18.0. The summed E-state index contributed by atoms with van der Waals surface area (Å²) in [6.45, 7) is 0. The van der Waals surface area contributed by atoms with Crippen LogP contribution in [0.5, 0.6) is 0 Å². The van der Waals surface area contributed by atoms with Gasteiger partial charge >= 0.3 is 0 Å². The maximum absolute atomic E-state index is 7.02. The van der Waals surface area contributed by atoms with E-state index in [0.29, 0.717) is 0 Å². The number of hydrogen-bond donors (Lipinski definition) is 0. The Morgan fingerprint density at radius 1 is 0.358 bits per heavy atom. The molecule has 0 atom stereocenters. The number of nitrogens with zero attached hydrogens (tertiary/aromatic N) is 1. The van der Waals surface area contributed by atoms with Crippen LogP contribution < -0.4 is 4.90 Å². The predicted octanol–water partition coefficient (Wildman–Crippen LogP) is 14.6. The normalized spacial score (nSPS) is 11.8. The van der Waals surface area contributed by atoms with Gasteiger partial charge in [-0.3, -0.25) is 0 Å². The van der Waals surface area contributed by atoms with Gasteiger partial charge in [0.15, 0.2) is 5.58 Å². The first kappa shape index (κ1) is 29.6. The van der Waals surface area contributed by atoms with E-state index in [9.17, 15) is 0 Å². The summed E-state index contributed by atoms with van der Waals surface area (Å²) >= 11 is 0. The van der Waals surface area contributed by atoms with Crippen LogP contribution in [0.2, 0.25) is 0 Å². The molecule has 11 aromatic rings. The predicted molar refractivity (Wildman–Crippen MR) is 222 cm³/mol. The third-order valence-corrected chi connectivity index (χ3v) is 10.6. The first-order chi connectivity index (χ1) is 26.3. The zero-order valence-corrected chi connectivity index (χ0v) is 28.7. The van der Waals surface area contributed by atoms with Crippen molar-refractivity contribution in [3.63, 3.8) is 0 Å². The summed E-state index contributed by atoms with van der Waals surface area (Å²) in [5.74, 6) is 0. The van der Waals surface area contributed by atoms with E-state index >= 15 is 0 Å². The Labute approximate surface area is 305 Å². The van der Waals surface area contributed by atoms with Gasteiger partial charge in [0.1, 0.15) is 16.7 Å². The minimum absolute atomic E-state index is 0.831. The van der Waals surface area contributed by atoms with Gasteiger partial charge in [0.25, 0.3) is 0 Å². The lowest BCUT2D eigenvalue weighted by Crippen LogP contribution is -2.10. The van der Waals surface area contributed by atoms with Crippen molar-refractivity contribution in [1.29, 1.82) is 0 Å². The highest BCUT2D eigenvalue weighted by Crippen LogP contribution is 2.49. The third-order valence-electron chi connectivity index (χ3n) is 10.6. The van der Waals surface area contributed by atoms with Gasteiger partial charge in [-0.2, -0.15) is 0 Å². The van der Waals surface area contributed by atoms with Crippen molar-refractivity contribution in [2.45, 2.75) is 0 Å². The number of para-hydroxylation sites is 2. The van der Waals surface area contributed by atoms with Crippen molar-refractivity contribution in [1.82, 2.24) is 0 Å². The maximum Gasteiger partial charge on any atom is 0.159 e. The summed E-state index contributed by atoms with van der Waals surface area (Å²) in [4.78, 5) is 2.34. The minimum atomic E-state index is 0.831. The largest absolute Gasteiger partial charge is 0.455 e. The molecule has 2 aromatic heterocycles. The average Bonchev–Trinajstić information content (AvgIpc) is 3.80. The molecule has 0 aliphatic heterocycles. The number of anilines is 3. The monoisotopic (exact) mass is 677 g/mol. The smallest absolute Gasteiger partial charge is 0.159 e. The van der Waals surface area contributed by atoms with Gasteiger partial charge in [0.05, 0.1) is 16.8 Å². The van der Waals surface area contributed by atoms with E-state index in [2.05, 4.69) is 181 Å². The van der Waals surface area contributed by atoms with Gasteiger partial charge in [0, 0.05) is 27.4 Å². The quantitative estimate of drug-likeness (QED) is 0.182. The standard InChI is InChI=1S/C50H31NO2/c1-2-13-32(14-3-1)33-27-29-36(30-28-33)51(44-24-11-22-41-39-20-8-9-25-45(39)52-49(41)44)43-23-12-26-46-48(43)42-31-35-16-5-7-19-38(35)47(50(42)53-46)40-21-10-17-34-15-4-6-18-37(34)40/h1-31H. The number of fused-ring (bicyclic) bond motifs is 8. The number of benzene rings is 9. The first-order valence-corrected chi connectivity index (χ1v) is 18.0. The van der Waals surface area contributed by atoms with E-state index in [1.54, 1.807) is 0 Å². The molecule has 9 aromatic carbocycles. The van der Waals surface area contributed by atoms with Gasteiger partial charge in [0.2, 0.25) is 0 Å². The van der Waals surface area contributed by atoms with Crippen LogP contribution in [0.3, 0.4) is 0 Å². The maximum atomic E-state index is 7.02. The Bertz CT molecular complexity index is 3160. The van der Waals surface area contributed by atoms with Crippen molar-refractivity contribution in [2.24, 2.45) is 0 Å². The van der Waals surface area contributed by atoms with Crippen molar-refractivity contribution in [3.8, 4) is 22.3 Å². The zero-order chi connectivity index (χ0) is 34.9. The van der Waals surface area contributed by atoms with Crippen LogP contribution in [0.15, 0.2) is 197 Å². The van der Waals surface area contributed by atoms with Crippen LogP contribution >= 0.6 is 0 Å². The van der Waals surface area contributed by atoms with E-state index in [1.807, 2.05) is 12.1 Å². The molecule has 248 valence electrons. The molecule has 0 aliphatic carbocycles. The second-order valence-corrected chi connectivity index (χ2v) is 13.6. The Morgan fingerprint density at radius 2 is 0.962 bits per heavy atom. The summed E-state index contributed by atoms with van der Waals surface area (Å²) < 4.78 is 13.7. The SMILES string of the molecule is c1ccc(-c2ccc(N(c3cccc4c3oc3ccccc34)c3cccc4oc5c(-c6cccc7ccccc67)c6ccccc6cc5c34)cc2)cc1. The Morgan fingerprint density at radius 3 is 1.83 bits per heavy atom. The van der Waals surface area contributed by atoms with Crippen molar-refractivity contribution in [3.05, 3.63) is 188 Å². The molecule has 2 heterocycles. The second-order valence-electron chi connectivity index (χ2n) is 13.6. The Balaban J connectivity index is 1.23. The van der Waals surface area contributed by atoms with Gasteiger partial charge in [-0.1, -0.05) is 146 Å². The number of furan rings is 2. The number of hydrogen-bond acceptors (Lipinski definition) is 3. The molecular weight excluding hydrogens is 647 g/mol. The molecule has 11 rings (SSSR count). The molecule has 3 nitrogen and oxygen atoms in total. The lowest BCUT2D eigenvalue weighted by Gasteiger charge is -2.26. The summed E-state index contributed by atoms with van der Waals surface area (Å²) in [5.41, 5.74) is 11.0. The van der Waals surface area contributed by atoms with Crippen LogP contribution in [-0.4, -0.2) is 0 Å². The molecule has 0 saturated heterocycles. The average molecular weight is 678 g/mol. The summed E-state index contributed by atoms with van der Waals surface area (Å²) in [5, 5.41) is 9.03. The van der Waals surface area contributed by atoms with Gasteiger partial charge < -0.3 is 13.7 Å². The van der Waals surface area contributed by atoms with Crippen LogP contribution in [0, 0.1) is 0 Å². The lowest BCUT2D eigenvalue weighted by atomic mass is 9.92. The fourth-order valence-corrected chi connectivity index (χ4v) is 8.25. The Hall–Kier alpha value is -7.10. The summed E-state index contributed by atoms with van der Waals surface area (Å²) in [6, 6.07) is 66.6. The van der Waals surface area contributed by atoms with E-state index in [4.69, 9.17) is 8.83 Å². The molecule has 0 aliphatic rings. The van der Waals surface area contributed by atoms with Gasteiger partial charge in [-0.15, -0.1) is 0 Å². The van der Waals surface area contributed by atoms with E-state index in [0.717, 1.165) is 83.0 Å². The molecule has 0 N–H and O–H groups in total. The van der Waals surface area contributed by atoms with E-state index in [-0.39, 0.29) is 0 Å². The minimum Gasteiger partial charge on any atom is -0.455 e. The van der Waals surface area contributed by atoms with Crippen molar-refractivity contribution >= 4 is 82.5 Å². The molecule has 0 saturated carbocycles. The van der Waals surface area contributed by atoms with E-state index in [1.165, 1.54) is 21.7 Å². The second kappa shape index (κ2) is 11.7. The molecule has 3 heteroatoms.